The zero-order chi connectivity index (χ0) is 14.4. The number of hydrogen-bond acceptors (Lipinski definition) is 5. The minimum atomic E-state index is -0.429. The molecule has 2 rings (SSSR count). The lowest BCUT2D eigenvalue weighted by Crippen LogP contribution is -2.06. The van der Waals surface area contributed by atoms with E-state index < -0.39 is 5.97 Å². The predicted molar refractivity (Wildman–Crippen MR) is 73.6 cm³/mol. The molecule has 0 aliphatic carbocycles. The first-order valence-corrected chi connectivity index (χ1v) is 6.25. The minimum absolute atomic E-state index is 0.181. The second kappa shape index (κ2) is 6.77. The first kappa shape index (κ1) is 14.1. The molecule has 2 aromatic rings. The number of carbonyl (C=O) groups is 1. The molecule has 1 heterocycles. The third-order valence-electron chi connectivity index (χ3n) is 2.80. The van der Waals surface area contributed by atoms with E-state index in [9.17, 15) is 4.79 Å². The van der Waals surface area contributed by atoms with Gasteiger partial charge in [0.25, 0.3) is 0 Å². The molecule has 5 nitrogen and oxygen atoms in total. The van der Waals surface area contributed by atoms with Gasteiger partial charge in [-0.05, 0) is 30.8 Å². The van der Waals surface area contributed by atoms with Gasteiger partial charge in [0.2, 0.25) is 0 Å². The van der Waals surface area contributed by atoms with Crippen LogP contribution in [0.25, 0.3) is 0 Å². The summed E-state index contributed by atoms with van der Waals surface area (Å²) in [6.45, 7) is 0.950. The van der Waals surface area contributed by atoms with Crippen LogP contribution in [0, 0.1) is 0 Å². The molecule has 0 amide bonds. The second-order valence-corrected chi connectivity index (χ2v) is 4.22. The van der Waals surface area contributed by atoms with Gasteiger partial charge < -0.3 is 19.2 Å². The fourth-order valence-corrected chi connectivity index (χ4v) is 1.84. The van der Waals surface area contributed by atoms with Gasteiger partial charge in [-0.3, -0.25) is 0 Å². The number of ether oxygens (including phenoxy) is 2. The molecular weight excluding hydrogens is 258 g/mol. The Morgan fingerprint density at radius 3 is 2.95 bits per heavy atom. The van der Waals surface area contributed by atoms with Crippen molar-refractivity contribution < 1.29 is 18.7 Å². The van der Waals surface area contributed by atoms with Gasteiger partial charge in [0.1, 0.15) is 17.9 Å². The average Bonchev–Trinajstić information content (AvgIpc) is 2.93. The fraction of sp³-hybridized carbons (Fsp3) is 0.267. The first-order chi connectivity index (χ1) is 9.74. The molecule has 1 aromatic heterocycles. The summed E-state index contributed by atoms with van der Waals surface area (Å²) in [6, 6.07) is 9.31. The molecule has 0 bridgehead atoms. The van der Waals surface area contributed by atoms with Crippen LogP contribution < -0.4 is 10.1 Å². The molecule has 0 aliphatic rings. The molecule has 0 aliphatic heterocycles. The summed E-state index contributed by atoms with van der Waals surface area (Å²) in [5.74, 6) is 0.752. The van der Waals surface area contributed by atoms with Crippen molar-refractivity contribution in [3.63, 3.8) is 0 Å². The van der Waals surface area contributed by atoms with Crippen LogP contribution in [0.3, 0.4) is 0 Å². The summed E-state index contributed by atoms with van der Waals surface area (Å²) in [5.41, 5.74) is 1.51. The Kier molecular flexibility index (Phi) is 4.79. The summed E-state index contributed by atoms with van der Waals surface area (Å²) in [5, 5.41) is 3.08. The van der Waals surface area contributed by atoms with Crippen molar-refractivity contribution in [2.24, 2.45) is 0 Å². The number of nitrogens with one attached hydrogen (secondary N) is 1. The Hall–Kier alpha value is -2.27. The Bertz CT molecular complexity index is 577. The smallest absolute Gasteiger partial charge is 0.341 e. The predicted octanol–water partition coefficient (Wildman–Crippen LogP) is 2.36. The van der Waals surface area contributed by atoms with Crippen molar-refractivity contribution in [1.82, 2.24) is 5.32 Å². The van der Waals surface area contributed by atoms with Crippen LogP contribution in [-0.2, 0) is 17.9 Å². The molecule has 0 unspecified atom stereocenters. The van der Waals surface area contributed by atoms with E-state index in [0.717, 1.165) is 17.9 Å². The highest BCUT2D eigenvalue weighted by Crippen LogP contribution is 2.18. The van der Waals surface area contributed by atoms with Gasteiger partial charge in [-0.1, -0.05) is 12.1 Å². The van der Waals surface area contributed by atoms with Crippen LogP contribution in [0.1, 0.15) is 21.7 Å². The maximum absolute atomic E-state index is 11.5. The molecule has 106 valence electrons. The minimum Gasteiger partial charge on any atom is -0.486 e. The van der Waals surface area contributed by atoms with Crippen LogP contribution in [0.5, 0.6) is 5.75 Å². The maximum Gasteiger partial charge on any atom is 0.341 e. The van der Waals surface area contributed by atoms with Crippen LogP contribution in [0.15, 0.2) is 41.0 Å². The van der Waals surface area contributed by atoms with Crippen LogP contribution in [0.2, 0.25) is 0 Å². The molecule has 1 N–H and O–H groups in total. The number of furan rings is 1. The van der Waals surface area contributed by atoms with E-state index in [1.807, 2.05) is 31.3 Å². The Morgan fingerprint density at radius 1 is 1.35 bits per heavy atom. The lowest BCUT2D eigenvalue weighted by atomic mass is 10.2. The fourth-order valence-electron chi connectivity index (χ4n) is 1.84. The molecule has 20 heavy (non-hydrogen) atoms. The van der Waals surface area contributed by atoms with Gasteiger partial charge in [-0.2, -0.15) is 0 Å². The van der Waals surface area contributed by atoms with Crippen LogP contribution in [0.4, 0.5) is 0 Å². The number of methoxy groups -OCH3 is 1. The van der Waals surface area contributed by atoms with E-state index >= 15 is 0 Å². The highest BCUT2D eigenvalue weighted by atomic mass is 16.5. The monoisotopic (exact) mass is 275 g/mol. The Morgan fingerprint density at radius 2 is 2.20 bits per heavy atom. The largest absolute Gasteiger partial charge is 0.486 e. The van der Waals surface area contributed by atoms with E-state index in [1.54, 1.807) is 6.07 Å². The Balaban J connectivity index is 2.03. The molecule has 0 saturated carbocycles. The third kappa shape index (κ3) is 3.39. The average molecular weight is 275 g/mol. The molecule has 0 saturated heterocycles. The van der Waals surface area contributed by atoms with Gasteiger partial charge in [0.05, 0.1) is 13.4 Å². The van der Waals surface area contributed by atoms with Crippen molar-refractivity contribution in [2.75, 3.05) is 14.2 Å². The lowest BCUT2D eigenvalue weighted by molar-refractivity contribution is 0.0595. The van der Waals surface area contributed by atoms with Crippen molar-refractivity contribution in [1.29, 1.82) is 0 Å². The SMILES string of the molecule is CNCc1cccc(OCc2occc2C(=O)OC)c1. The number of carbonyl (C=O) groups excluding carboxylic acids is 1. The quantitative estimate of drug-likeness (QED) is 0.820. The zero-order valence-electron chi connectivity index (χ0n) is 11.5. The number of esters is 1. The normalized spacial score (nSPS) is 10.3. The van der Waals surface area contributed by atoms with E-state index in [1.165, 1.54) is 13.4 Å². The summed E-state index contributed by atoms with van der Waals surface area (Å²) < 4.78 is 15.6. The molecule has 5 heteroatoms. The van der Waals surface area contributed by atoms with Gasteiger partial charge in [-0.15, -0.1) is 0 Å². The van der Waals surface area contributed by atoms with E-state index in [2.05, 4.69) is 10.1 Å². The summed E-state index contributed by atoms with van der Waals surface area (Å²) >= 11 is 0. The van der Waals surface area contributed by atoms with Gasteiger partial charge in [0, 0.05) is 6.54 Å². The molecule has 0 atom stereocenters. The van der Waals surface area contributed by atoms with Gasteiger partial charge in [-0.25, -0.2) is 4.79 Å². The van der Waals surface area contributed by atoms with Crippen molar-refractivity contribution in [3.05, 3.63) is 53.5 Å². The lowest BCUT2D eigenvalue weighted by Gasteiger charge is -2.07. The second-order valence-electron chi connectivity index (χ2n) is 4.22. The van der Waals surface area contributed by atoms with Crippen molar-refractivity contribution in [3.8, 4) is 5.75 Å². The van der Waals surface area contributed by atoms with Crippen LogP contribution >= 0.6 is 0 Å². The standard InChI is InChI=1S/C15H17NO4/c1-16-9-11-4-3-5-12(8-11)20-10-14-13(6-7-19-14)15(17)18-2/h3-8,16H,9-10H2,1-2H3. The van der Waals surface area contributed by atoms with Gasteiger partial charge in [0.15, 0.2) is 5.76 Å². The number of hydrogen-bond donors (Lipinski definition) is 1. The summed E-state index contributed by atoms with van der Waals surface area (Å²) in [4.78, 5) is 11.5. The maximum atomic E-state index is 11.5. The summed E-state index contributed by atoms with van der Waals surface area (Å²) in [6.07, 6.45) is 1.45. The highest BCUT2D eigenvalue weighted by Gasteiger charge is 2.15. The van der Waals surface area contributed by atoms with E-state index in [4.69, 9.17) is 9.15 Å². The first-order valence-electron chi connectivity index (χ1n) is 6.25. The zero-order valence-corrected chi connectivity index (χ0v) is 11.5. The number of benzene rings is 1. The summed E-state index contributed by atoms with van der Waals surface area (Å²) in [7, 11) is 3.22. The molecule has 0 fully saturated rings. The van der Waals surface area contributed by atoms with Crippen molar-refractivity contribution in [2.45, 2.75) is 13.2 Å². The highest BCUT2D eigenvalue weighted by molar-refractivity contribution is 5.90. The molecule has 1 aromatic carbocycles. The molecule has 0 spiro atoms. The third-order valence-corrected chi connectivity index (χ3v) is 2.80. The van der Waals surface area contributed by atoms with E-state index in [0.29, 0.717) is 11.3 Å². The van der Waals surface area contributed by atoms with Gasteiger partial charge >= 0.3 is 5.97 Å². The van der Waals surface area contributed by atoms with Crippen molar-refractivity contribution >= 4 is 5.97 Å². The van der Waals surface area contributed by atoms with E-state index in [-0.39, 0.29) is 6.61 Å². The Labute approximate surface area is 117 Å². The number of rotatable bonds is 6. The topological polar surface area (TPSA) is 60.7 Å². The molecular formula is C15H17NO4. The molecule has 0 radical (unpaired) electrons. The van der Waals surface area contributed by atoms with Crippen LogP contribution in [-0.4, -0.2) is 20.1 Å².